The van der Waals surface area contributed by atoms with Gasteiger partial charge in [-0.15, -0.1) is 24.8 Å². The van der Waals surface area contributed by atoms with E-state index in [1.54, 1.807) is 31.3 Å². The maximum Gasteiger partial charge on any atom is 0.320 e. The van der Waals surface area contributed by atoms with Gasteiger partial charge in [-0.05, 0) is 62.0 Å². The average molecular weight is 567 g/mol. The molecule has 0 unspecified atom stereocenters. The molecule has 9 nitrogen and oxygen atoms in total. The second kappa shape index (κ2) is 12.9. The highest BCUT2D eigenvalue weighted by Crippen LogP contribution is 2.40. The number of carboxylic acids is 2. The average Bonchev–Trinajstić information content (AvgIpc) is 3.22. The Kier molecular flexibility index (Phi) is 11.0. The van der Waals surface area contributed by atoms with Crippen LogP contribution in [0.3, 0.4) is 0 Å². The lowest BCUT2D eigenvalue weighted by molar-refractivity contribution is -0.143. The second-order valence-corrected chi connectivity index (χ2v) is 12.2. The van der Waals surface area contributed by atoms with E-state index in [-0.39, 0.29) is 43.0 Å². The first-order chi connectivity index (χ1) is 16.1. The highest BCUT2D eigenvalue weighted by atomic mass is 35.5. The van der Waals surface area contributed by atoms with E-state index in [4.69, 9.17) is 0 Å². The number of halogens is 2. The molecule has 0 aromatic heterocycles. The molecule has 1 aliphatic carbocycles. The molecule has 6 atom stereocenters. The molecular weight excluding hydrogens is 529 g/mol. The van der Waals surface area contributed by atoms with E-state index in [0.29, 0.717) is 42.8 Å². The Morgan fingerprint density at radius 3 is 2.36 bits per heavy atom. The number of carboxylic acid groups (broad SMARTS) is 2. The highest BCUT2D eigenvalue weighted by molar-refractivity contribution is 7.88. The van der Waals surface area contributed by atoms with Gasteiger partial charge in [0.1, 0.15) is 12.1 Å². The van der Waals surface area contributed by atoms with Gasteiger partial charge in [0, 0.05) is 26.2 Å². The third-order valence-electron chi connectivity index (χ3n) is 8.02. The third kappa shape index (κ3) is 7.11. The monoisotopic (exact) mass is 565 g/mol. The van der Waals surface area contributed by atoms with E-state index < -0.39 is 34.0 Å². The van der Waals surface area contributed by atoms with E-state index >= 15 is 0 Å². The van der Waals surface area contributed by atoms with E-state index in [0.717, 1.165) is 25.8 Å². The molecule has 1 aromatic carbocycles. The highest BCUT2D eigenvalue weighted by Gasteiger charge is 2.44. The lowest BCUT2D eigenvalue weighted by Crippen LogP contribution is -2.50. The molecule has 2 aliphatic heterocycles. The molecular formula is C24H37Cl2N3O6S. The van der Waals surface area contributed by atoms with Crippen molar-refractivity contribution in [3.05, 3.63) is 35.9 Å². The number of nitrogens with zero attached hydrogens (tertiary/aromatic N) is 2. The Balaban J connectivity index is 0.00000228. The Hall–Kier alpha value is -1.43. The molecule has 3 N–H and O–H groups in total. The largest absolute Gasteiger partial charge is 0.480 e. The van der Waals surface area contributed by atoms with E-state index in [9.17, 15) is 28.2 Å². The molecule has 1 aromatic rings. The summed E-state index contributed by atoms with van der Waals surface area (Å²) in [6, 6.07) is 7.39. The first kappa shape index (κ1) is 30.8. The van der Waals surface area contributed by atoms with Gasteiger partial charge in [0.2, 0.25) is 10.0 Å². The molecule has 2 saturated heterocycles. The summed E-state index contributed by atoms with van der Waals surface area (Å²) in [6.07, 6.45) is 3.77. The molecule has 0 spiro atoms. The first-order valence-corrected chi connectivity index (χ1v) is 13.7. The van der Waals surface area contributed by atoms with E-state index in [1.807, 2.05) is 11.0 Å². The van der Waals surface area contributed by atoms with Crippen LogP contribution in [0.5, 0.6) is 0 Å². The van der Waals surface area contributed by atoms with Gasteiger partial charge < -0.3 is 15.5 Å². The summed E-state index contributed by atoms with van der Waals surface area (Å²) in [5.41, 5.74) is 0.706. The second-order valence-electron chi connectivity index (χ2n) is 10.2. The van der Waals surface area contributed by atoms with Crippen LogP contribution in [-0.2, 0) is 25.4 Å². The van der Waals surface area contributed by atoms with E-state index in [1.165, 1.54) is 4.31 Å². The number of carbonyl (C=O) groups is 2. The number of hydrogen-bond acceptors (Lipinski definition) is 6. The lowest BCUT2D eigenvalue weighted by atomic mass is 9.69. The maximum atomic E-state index is 13.0. The number of benzene rings is 1. The zero-order valence-electron chi connectivity index (χ0n) is 20.4. The molecule has 0 radical (unpaired) electrons. The maximum absolute atomic E-state index is 13.0. The number of sulfonamides is 1. The fourth-order valence-corrected chi connectivity index (χ4v) is 7.49. The summed E-state index contributed by atoms with van der Waals surface area (Å²) < 4.78 is 27.4. The number of nitrogens with one attached hydrogen (secondary N) is 1. The van der Waals surface area contributed by atoms with Gasteiger partial charge in [0.05, 0.1) is 5.75 Å². The topological polar surface area (TPSA) is 127 Å². The Morgan fingerprint density at radius 1 is 1.03 bits per heavy atom. The molecule has 3 fully saturated rings. The van der Waals surface area contributed by atoms with Crippen molar-refractivity contribution in [1.29, 1.82) is 0 Å². The number of aliphatic carboxylic acids is 2. The number of fused-ring (bicyclic) bond motifs is 1. The number of piperidine rings is 1. The van der Waals surface area contributed by atoms with Crippen molar-refractivity contribution in [1.82, 2.24) is 14.5 Å². The van der Waals surface area contributed by atoms with Gasteiger partial charge in [-0.1, -0.05) is 30.3 Å². The Labute approximate surface area is 225 Å². The van der Waals surface area contributed by atoms with Crippen LogP contribution >= 0.6 is 24.8 Å². The zero-order chi connectivity index (χ0) is 24.5. The van der Waals surface area contributed by atoms with Crippen LogP contribution in [0.25, 0.3) is 0 Å². The van der Waals surface area contributed by atoms with Gasteiger partial charge in [-0.3, -0.25) is 14.5 Å². The Morgan fingerprint density at radius 2 is 1.72 bits per heavy atom. The normalized spacial score (nSPS) is 30.6. The minimum atomic E-state index is -3.58. The SMILES string of the molecule is CN([C@H]1C[C@@H](C(=O)O)N(C[C@H]2CC[C@H]3CN[C@H](C(=O)O)C[C@H]3C2)C1)S(=O)(=O)Cc1ccccc1.Cl.Cl. The molecule has 2 heterocycles. The number of hydrogen-bond donors (Lipinski definition) is 3. The minimum absolute atomic E-state index is 0. The smallest absolute Gasteiger partial charge is 0.320 e. The number of likely N-dealkylation sites (N-methyl/N-ethyl adjacent to an activating group) is 1. The van der Waals surface area contributed by atoms with Crippen LogP contribution in [0.4, 0.5) is 0 Å². The van der Waals surface area contributed by atoms with Crippen LogP contribution in [0.15, 0.2) is 30.3 Å². The van der Waals surface area contributed by atoms with Crippen molar-refractivity contribution >= 4 is 46.8 Å². The zero-order valence-corrected chi connectivity index (χ0v) is 22.8. The third-order valence-corrected chi connectivity index (χ3v) is 9.89. The summed E-state index contributed by atoms with van der Waals surface area (Å²) in [5, 5.41) is 22.3. The molecule has 204 valence electrons. The molecule has 4 rings (SSSR count). The van der Waals surface area contributed by atoms with Crippen LogP contribution in [0, 0.1) is 17.8 Å². The van der Waals surface area contributed by atoms with Crippen LogP contribution in [0.1, 0.15) is 37.7 Å². The van der Waals surface area contributed by atoms with Crippen LogP contribution in [0.2, 0.25) is 0 Å². The standard InChI is InChI=1S/C24H35N3O6S.2ClH/c1-26(34(32,33)15-16-5-3-2-4-6-16)20-11-22(24(30)31)27(14-20)13-17-7-8-18-12-25-21(23(28)29)10-19(18)9-17;;/h2-6,17-22,25H,7-15H2,1H3,(H,28,29)(H,30,31);2*1H/t17-,18-,19+,20-,21-,22-;;/m0../s1. The molecule has 3 aliphatic rings. The quantitative estimate of drug-likeness (QED) is 0.438. The minimum Gasteiger partial charge on any atom is -0.480 e. The Bertz CT molecular complexity index is 999. The fraction of sp³-hybridized carbons (Fsp3) is 0.667. The lowest BCUT2D eigenvalue weighted by Gasteiger charge is -2.42. The van der Waals surface area contributed by atoms with Gasteiger partial charge in [-0.25, -0.2) is 12.7 Å². The van der Waals surface area contributed by atoms with Crippen molar-refractivity contribution in [2.24, 2.45) is 17.8 Å². The summed E-state index contributed by atoms with van der Waals surface area (Å²) in [5.74, 6) is -0.741. The molecule has 36 heavy (non-hydrogen) atoms. The summed E-state index contributed by atoms with van der Waals surface area (Å²) in [6.45, 7) is 1.72. The van der Waals surface area contributed by atoms with Gasteiger partial charge in [0.15, 0.2) is 0 Å². The molecule has 0 bridgehead atoms. The summed E-state index contributed by atoms with van der Waals surface area (Å²) in [7, 11) is -2.03. The van der Waals surface area contributed by atoms with Crippen LogP contribution in [-0.4, -0.2) is 84.6 Å². The summed E-state index contributed by atoms with van der Waals surface area (Å²) >= 11 is 0. The van der Waals surface area contributed by atoms with Gasteiger partial charge in [-0.2, -0.15) is 0 Å². The van der Waals surface area contributed by atoms with Crippen molar-refractivity contribution in [3.63, 3.8) is 0 Å². The van der Waals surface area contributed by atoms with Crippen molar-refractivity contribution < 1.29 is 28.2 Å². The van der Waals surface area contributed by atoms with Gasteiger partial charge in [0.25, 0.3) is 0 Å². The van der Waals surface area contributed by atoms with E-state index in [2.05, 4.69) is 5.32 Å². The summed E-state index contributed by atoms with van der Waals surface area (Å²) in [4.78, 5) is 25.4. The fourth-order valence-electron chi connectivity index (χ4n) is 6.06. The molecule has 1 saturated carbocycles. The van der Waals surface area contributed by atoms with Crippen molar-refractivity contribution in [2.75, 3.05) is 26.7 Å². The van der Waals surface area contributed by atoms with Crippen molar-refractivity contribution in [2.45, 2.75) is 56.0 Å². The van der Waals surface area contributed by atoms with Gasteiger partial charge >= 0.3 is 11.9 Å². The molecule has 0 amide bonds. The number of rotatable bonds is 8. The predicted molar refractivity (Wildman–Crippen MR) is 141 cm³/mol. The first-order valence-electron chi connectivity index (χ1n) is 12.1. The number of likely N-dealkylation sites (tertiary alicyclic amines) is 1. The van der Waals surface area contributed by atoms with Crippen molar-refractivity contribution in [3.8, 4) is 0 Å². The van der Waals surface area contributed by atoms with Crippen LogP contribution < -0.4 is 5.32 Å². The predicted octanol–water partition coefficient (Wildman–Crippen LogP) is 2.30. The molecule has 12 heteroatoms.